The van der Waals surface area contributed by atoms with Crippen LogP contribution in [0.25, 0.3) is 21.9 Å². The number of benzene rings is 1. The Kier molecular flexibility index (Phi) is 4.89. The van der Waals surface area contributed by atoms with E-state index >= 15 is 0 Å². The monoisotopic (exact) mass is 437 g/mol. The van der Waals surface area contributed by atoms with Crippen molar-refractivity contribution in [1.82, 2.24) is 24.9 Å². The zero-order chi connectivity index (χ0) is 22.4. The third kappa shape index (κ3) is 3.50. The number of nitrogens with two attached hydrogens (primary N) is 1. The Balaban J connectivity index is 1.65. The number of H-pyrrole nitrogens is 1. The summed E-state index contributed by atoms with van der Waals surface area (Å²) in [4.78, 5) is 24.9. The van der Waals surface area contributed by atoms with Gasteiger partial charge in [0.25, 0.3) is 0 Å². The van der Waals surface area contributed by atoms with Crippen molar-refractivity contribution in [2.24, 2.45) is 5.73 Å². The average Bonchev–Trinajstić information content (AvgIpc) is 3.36. The third-order valence-electron chi connectivity index (χ3n) is 5.50. The van der Waals surface area contributed by atoms with Crippen LogP contribution in [0.5, 0.6) is 11.8 Å². The maximum absolute atomic E-state index is 14.3. The second-order valence-electron chi connectivity index (χ2n) is 8.01. The largest absolute Gasteiger partial charge is 0.421 e. The topological polar surface area (TPSA) is 121 Å². The minimum atomic E-state index is -0.342. The first-order valence-electron chi connectivity index (χ1n) is 10.3. The highest BCUT2D eigenvalue weighted by molar-refractivity contribution is 6.14. The Hall–Kier alpha value is -3.73. The van der Waals surface area contributed by atoms with Crippen LogP contribution in [0.1, 0.15) is 6.42 Å². The molecule has 11 heteroatoms. The zero-order valence-corrected chi connectivity index (χ0v) is 18.1. The fraction of sp³-hybridized carbons (Fsp3) is 0.333. The van der Waals surface area contributed by atoms with E-state index in [0.29, 0.717) is 40.8 Å². The van der Waals surface area contributed by atoms with E-state index in [1.807, 2.05) is 14.1 Å². The molecule has 0 radical (unpaired) electrons. The average molecular weight is 437 g/mol. The van der Waals surface area contributed by atoms with Gasteiger partial charge < -0.3 is 30.6 Å². The minimum Gasteiger partial charge on any atom is -0.421 e. The maximum atomic E-state index is 14.3. The Bertz CT molecular complexity index is 1290. The van der Waals surface area contributed by atoms with Gasteiger partial charge in [0.2, 0.25) is 5.95 Å². The number of anilines is 3. The van der Waals surface area contributed by atoms with E-state index in [1.165, 1.54) is 12.1 Å². The molecule has 1 fully saturated rings. The van der Waals surface area contributed by atoms with Crippen molar-refractivity contribution in [3.05, 3.63) is 30.3 Å². The fourth-order valence-corrected chi connectivity index (χ4v) is 3.97. The van der Waals surface area contributed by atoms with Crippen LogP contribution in [0.3, 0.4) is 0 Å². The molecule has 1 aliphatic heterocycles. The molecule has 1 aromatic carbocycles. The van der Waals surface area contributed by atoms with E-state index in [-0.39, 0.29) is 17.9 Å². The van der Waals surface area contributed by atoms with Crippen LogP contribution >= 0.6 is 0 Å². The molecule has 4 heterocycles. The summed E-state index contributed by atoms with van der Waals surface area (Å²) in [5, 5.41) is 4.46. The number of nitrogens with zero attached hydrogens (tertiary/aromatic N) is 6. The second-order valence-corrected chi connectivity index (χ2v) is 8.01. The van der Waals surface area contributed by atoms with Gasteiger partial charge in [-0.3, -0.25) is 0 Å². The molecule has 0 bridgehead atoms. The first-order chi connectivity index (χ1) is 15.4. The summed E-state index contributed by atoms with van der Waals surface area (Å²) < 4.78 is 20.2. The summed E-state index contributed by atoms with van der Waals surface area (Å²) in [7, 11) is 5.47. The van der Waals surface area contributed by atoms with Gasteiger partial charge in [0.15, 0.2) is 5.75 Å². The molecule has 5 rings (SSSR count). The number of ether oxygens (including phenoxy) is 1. The van der Waals surface area contributed by atoms with Crippen LogP contribution in [-0.4, -0.2) is 65.2 Å². The van der Waals surface area contributed by atoms with Gasteiger partial charge in [-0.1, -0.05) is 0 Å². The lowest BCUT2D eigenvalue weighted by Crippen LogP contribution is -2.27. The number of fused-ring (bicyclic) bond motifs is 3. The molecule has 1 aliphatic rings. The van der Waals surface area contributed by atoms with Crippen molar-refractivity contribution in [3.63, 3.8) is 0 Å². The minimum absolute atomic E-state index is 0.0474. The van der Waals surface area contributed by atoms with Crippen LogP contribution in [-0.2, 0) is 0 Å². The highest BCUT2D eigenvalue weighted by Gasteiger charge is 2.26. The SMILES string of the molecule is CNc1cc(F)cc2c1[nH]c1nc(Oc3cnc(N(C)C)nc3)nc(N3CC[C@H](N)C3)c12. The normalized spacial score (nSPS) is 16.2. The van der Waals surface area contributed by atoms with Crippen molar-refractivity contribution in [1.29, 1.82) is 0 Å². The number of aromatic nitrogens is 5. The number of hydrogen-bond acceptors (Lipinski definition) is 9. The molecule has 4 N–H and O–H groups in total. The molecule has 0 amide bonds. The summed E-state index contributed by atoms with van der Waals surface area (Å²) in [5.41, 5.74) is 8.08. The Labute approximate surface area is 183 Å². The van der Waals surface area contributed by atoms with E-state index in [1.54, 1.807) is 24.3 Å². The summed E-state index contributed by atoms with van der Waals surface area (Å²) >= 11 is 0. The van der Waals surface area contributed by atoms with Gasteiger partial charge in [-0.15, -0.1) is 0 Å². The van der Waals surface area contributed by atoms with Gasteiger partial charge in [0, 0.05) is 45.7 Å². The predicted molar refractivity (Wildman–Crippen MR) is 122 cm³/mol. The molecule has 1 atom stereocenters. The van der Waals surface area contributed by atoms with Gasteiger partial charge in [0.1, 0.15) is 17.3 Å². The Morgan fingerprint density at radius 1 is 1.25 bits per heavy atom. The molecular weight excluding hydrogens is 413 g/mol. The van der Waals surface area contributed by atoms with Gasteiger partial charge in [0.05, 0.1) is 29.0 Å². The molecule has 3 aromatic heterocycles. The van der Waals surface area contributed by atoms with E-state index in [9.17, 15) is 4.39 Å². The maximum Gasteiger partial charge on any atom is 0.326 e. The Morgan fingerprint density at radius 2 is 2.03 bits per heavy atom. The second kappa shape index (κ2) is 7.75. The first kappa shape index (κ1) is 20.2. The quantitative estimate of drug-likeness (QED) is 0.432. The van der Waals surface area contributed by atoms with Gasteiger partial charge >= 0.3 is 6.01 Å². The Morgan fingerprint density at radius 3 is 2.69 bits per heavy atom. The van der Waals surface area contributed by atoms with Crippen molar-refractivity contribution in [3.8, 4) is 11.8 Å². The van der Waals surface area contributed by atoms with Crippen molar-refractivity contribution < 1.29 is 9.13 Å². The van der Waals surface area contributed by atoms with Gasteiger partial charge in [-0.25, -0.2) is 14.4 Å². The van der Waals surface area contributed by atoms with E-state index < -0.39 is 0 Å². The number of nitrogens with one attached hydrogen (secondary N) is 2. The molecular formula is C21H24FN9O. The molecule has 4 aromatic rings. The lowest BCUT2D eigenvalue weighted by molar-refractivity contribution is 0.440. The van der Waals surface area contributed by atoms with E-state index in [2.05, 4.69) is 35.1 Å². The summed E-state index contributed by atoms with van der Waals surface area (Å²) in [6.07, 6.45) is 3.99. The van der Waals surface area contributed by atoms with Crippen molar-refractivity contribution in [2.45, 2.75) is 12.5 Å². The number of aromatic amines is 1. The number of rotatable bonds is 5. The zero-order valence-electron chi connectivity index (χ0n) is 18.1. The number of hydrogen-bond donors (Lipinski definition) is 3. The van der Waals surface area contributed by atoms with Gasteiger partial charge in [-0.05, 0) is 18.6 Å². The van der Waals surface area contributed by atoms with Crippen LogP contribution < -0.4 is 25.6 Å². The van der Waals surface area contributed by atoms with Crippen LogP contribution in [0, 0.1) is 5.82 Å². The summed E-state index contributed by atoms with van der Waals surface area (Å²) in [6, 6.07) is 3.13. The molecule has 166 valence electrons. The number of halogens is 1. The van der Waals surface area contributed by atoms with Crippen molar-refractivity contribution >= 4 is 39.4 Å². The predicted octanol–water partition coefficient (Wildman–Crippen LogP) is 2.48. The molecule has 1 saturated heterocycles. The highest BCUT2D eigenvalue weighted by Crippen LogP contribution is 2.38. The van der Waals surface area contributed by atoms with Gasteiger partial charge in [-0.2, -0.15) is 9.97 Å². The standard InChI is InChI=1S/C21H24FN9O/c1-24-15-7-11(22)6-14-16-18(27-17(14)15)28-21(29-19(16)31-5-4-12(23)10-31)32-13-8-25-20(26-9-13)30(2)3/h6-9,12,24H,4-5,10,23H2,1-3H3,(H,27,28,29)/t12-/m0/s1. The molecule has 0 aliphatic carbocycles. The molecule has 0 saturated carbocycles. The lowest BCUT2D eigenvalue weighted by atomic mass is 10.1. The summed E-state index contributed by atoms with van der Waals surface area (Å²) in [5.74, 6) is 1.29. The fourth-order valence-electron chi connectivity index (χ4n) is 3.97. The third-order valence-corrected chi connectivity index (χ3v) is 5.50. The van der Waals surface area contributed by atoms with E-state index in [4.69, 9.17) is 10.5 Å². The van der Waals surface area contributed by atoms with Crippen LogP contribution in [0.4, 0.5) is 21.8 Å². The smallest absolute Gasteiger partial charge is 0.326 e. The molecule has 10 nitrogen and oxygen atoms in total. The molecule has 0 spiro atoms. The highest BCUT2D eigenvalue weighted by atomic mass is 19.1. The van der Waals surface area contributed by atoms with Crippen LogP contribution in [0.2, 0.25) is 0 Å². The lowest BCUT2D eigenvalue weighted by Gasteiger charge is -2.18. The van der Waals surface area contributed by atoms with E-state index in [0.717, 1.165) is 23.9 Å². The molecule has 0 unspecified atom stereocenters. The first-order valence-corrected chi connectivity index (χ1v) is 10.3. The van der Waals surface area contributed by atoms with Crippen molar-refractivity contribution in [2.75, 3.05) is 49.3 Å². The summed E-state index contributed by atoms with van der Waals surface area (Å²) in [6.45, 7) is 1.39. The molecule has 32 heavy (non-hydrogen) atoms. The van der Waals surface area contributed by atoms with Crippen LogP contribution in [0.15, 0.2) is 24.5 Å².